The monoisotopic (exact) mass is 244 g/mol. The van der Waals surface area contributed by atoms with Crippen LogP contribution in [-0.2, 0) is 10.0 Å². The van der Waals surface area contributed by atoms with Crippen molar-refractivity contribution in [3.05, 3.63) is 12.4 Å². The SMILES string of the molecule is O=S(=O)(NCCCNC1CC1)c1cn[nH]c1. The van der Waals surface area contributed by atoms with E-state index in [1.807, 2.05) is 0 Å². The molecule has 0 saturated heterocycles. The van der Waals surface area contributed by atoms with Gasteiger partial charge in [-0.1, -0.05) is 0 Å². The molecule has 1 aromatic rings. The van der Waals surface area contributed by atoms with E-state index in [2.05, 4.69) is 20.2 Å². The molecule has 2 rings (SSSR count). The van der Waals surface area contributed by atoms with E-state index in [4.69, 9.17) is 0 Å². The number of hydrogen-bond donors (Lipinski definition) is 3. The number of rotatable bonds is 7. The van der Waals surface area contributed by atoms with Crippen molar-refractivity contribution in [2.24, 2.45) is 0 Å². The van der Waals surface area contributed by atoms with Gasteiger partial charge >= 0.3 is 0 Å². The normalized spacial score (nSPS) is 16.5. The van der Waals surface area contributed by atoms with Crippen molar-refractivity contribution in [3.8, 4) is 0 Å². The fourth-order valence-corrected chi connectivity index (χ4v) is 2.34. The summed E-state index contributed by atoms with van der Waals surface area (Å²) in [5, 5.41) is 9.41. The molecule has 1 aromatic heterocycles. The summed E-state index contributed by atoms with van der Waals surface area (Å²) in [5.41, 5.74) is 0. The van der Waals surface area contributed by atoms with E-state index in [-0.39, 0.29) is 4.90 Å². The molecule has 1 saturated carbocycles. The summed E-state index contributed by atoms with van der Waals surface area (Å²) >= 11 is 0. The topological polar surface area (TPSA) is 86.9 Å². The number of hydrogen-bond acceptors (Lipinski definition) is 4. The average Bonchev–Trinajstić information content (AvgIpc) is 2.89. The van der Waals surface area contributed by atoms with Crippen molar-refractivity contribution in [2.75, 3.05) is 13.1 Å². The summed E-state index contributed by atoms with van der Waals surface area (Å²) in [4.78, 5) is 0.183. The van der Waals surface area contributed by atoms with Gasteiger partial charge in [0.15, 0.2) is 0 Å². The smallest absolute Gasteiger partial charge is 0.243 e. The highest BCUT2D eigenvalue weighted by Gasteiger charge is 2.19. The van der Waals surface area contributed by atoms with Crippen molar-refractivity contribution < 1.29 is 8.42 Å². The minimum absolute atomic E-state index is 0.183. The van der Waals surface area contributed by atoms with Gasteiger partial charge in [-0.25, -0.2) is 13.1 Å². The van der Waals surface area contributed by atoms with E-state index in [0.29, 0.717) is 12.6 Å². The third-order valence-corrected chi connectivity index (χ3v) is 3.87. The zero-order valence-corrected chi connectivity index (χ0v) is 9.76. The summed E-state index contributed by atoms with van der Waals surface area (Å²) in [6.45, 7) is 1.31. The minimum atomic E-state index is -3.37. The van der Waals surface area contributed by atoms with Crippen LogP contribution < -0.4 is 10.0 Å². The molecule has 0 amide bonds. The highest BCUT2D eigenvalue weighted by molar-refractivity contribution is 7.89. The van der Waals surface area contributed by atoms with Gasteiger partial charge in [0.2, 0.25) is 10.0 Å². The first-order valence-electron chi connectivity index (χ1n) is 5.40. The second-order valence-electron chi connectivity index (χ2n) is 3.91. The maximum Gasteiger partial charge on any atom is 0.243 e. The Balaban J connectivity index is 1.68. The summed E-state index contributed by atoms with van der Waals surface area (Å²) in [6.07, 6.45) is 5.96. The molecule has 0 aromatic carbocycles. The third-order valence-electron chi connectivity index (χ3n) is 2.44. The molecule has 0 bridgehead atoms. The van der Waals surface area contributed by atoms with Crippen molar-refractivity contribution >= 4 is 10.0 Å². The Kier molecular flexibility index (Phi) is 3.57. The van der Waals surface area contributed by atoms with Gasteiger partial charge in [-0.3, -0.25) is 5.10 Å². The quantitative estimate of drug-likeness (QED) is 0.581. The molecule has 0 unspecified atom stereocenters. The van der Waals surface area contributed by atoms with Crippen molar-refractivity contribution in [1.29, 1.82) is 0 Å². The lowest BCUT2D eigenvalue weighted by Crippen LogP contribution is -2.27. The number of aromatic nitrogens is 2. The zero-order valence-electron chi connectivity index (χ0n) is 8.94. The van der Waals surface area contributed by atoms with Gasteiger partial charge in [0.05, 0.1) is 6.20 Å². The standard InChI is InChI=1S/C9H16N4O2S/c14-16(15,9-6-11-12-7-9)13-5-1-4-10-8-2-3-8/h6-8,10,13H,1-5H2,(H,11,12). The van der Waals surface area contributed by atoms with Gasteiger partial charge in [-0.05, 0) is 25.8 Å². The van der Waals surface area contributed by atoms with Crippen LogP contribution in [0, 0.1) is 0 Å². The fraction of sp³-hybridized carbons (Fsp3) is 0.667. The summed E-state index contributed by atoms with van der Waals surface area (Å²) in [5.74, 6) is 0. The highest BCUT2D eigenvalue weighted by Crippen LogP contribution is 2.18. The van der Waals surface area contributed by atoms with Crippen LogP contribution in [0.5, 0.6) is 0 Å². The lowest BCUT2D eigenvalue weighted by Gasteiger charge is -2.05. The Labute approximate surface area is 94.9 Å². The third kappa shape index (κ3) is 3.29. The van der Waals surface area contributed by atoms with E-state index >= 15 is 0 Å². The van der Waals surface area contributed by atoms with E-state index in [1.54, 1.807) is 0 Å². The van der Waals surface area contributed by atoms with Gasteiger partial charge < -0.3 is 5.32 Å². The Morgan fingerprint density at radius 3 is 2.88 bits per heavy atom. The van der Waals surface area contributed by atoms with E-state index < -0.39 is 10.0 Å². The molecular formula is C9H16N4O2S. The minimum Gasteiger partial charge on any atom is -0.314 e. The largest absolute Gasteiger partial charge is 0.314 e. The number of nitrogens with one attached hydrogen (secondary N) is 3. The maximum atomic E-state index is 11.6. The molecule has 90 valence electrons. The van der Waals surface area contributed by atoms with E-state index in [9.17, 15) is 8.42 Å². The van der Waals surface area contributed by atoms with Crippen LogP contribution in [-0.4, -0.2) is 37.7 Å². The molecule has 1 aliphatic rings. The number of H-pyrrole nitrogens is 1. The molecule has 6 nitrogen and oxygen atoms in total. The first kappa shape index (κ1) is 11.6. The zero-order chi connectivity index (χ0) is 11.4. The molecule has 0 aliphatic heterocycles. The number of sulfonamides is 1. The van der Waals surface area contributed by atoms with Crippen LogP contribution >= 0.6 is 0 Å². The highest BCUT2D eigenvalue weighted by atomic mass is 32.2. The summed E-state index contributed by atoms with van der Waals surface area (Å²) in [7, 11) is -3.37. The fourth-order valence-electron chi connectivity index (χ4n) is 1.36. The molecule has 0 atom stereocenters. The van der Waals surface area contributed by atoms with Gasteiger partial charge in [0.25, 0.3) is 0 Å². The molecule has 16 heavy (non-hydrogen) atoms. The van der Waals surface area contributed by atoms with Gasteiger partial charge in [0, 0.05) is 18.8 Å². The summed E-state index contributed by atoms with van der Waals surface area (Å²) < 4.78 is 25.8. The molecule has 0 radical (unpaired) electrons. The lowest BCUT2D eigenvalue weighted by molar-refractivity contribution is 0.573. The van der Waals surface area contributed by atoms with Gasteiger partial charge in [0.1, 0.15) is 4.90 Å². The Bertz CT molecular complexity index is 411. The van der Waals surface area contributed by atoms with Crippen LogP contribution in [0.4, 0.5) is 0 Å². The molecule has 7 heteroatoms. The Hall–Kier alpha value is -0.920. The first-order valence-corrected chi connectivity index (χ1v) is 6.88. The van der Waals surface area contributed by atoms with Gasteiger partial charge in [-0.15, -0.1) is 0 Å². The van der Waals surface area contributed by atoms with Crippen molar-refractivity contribution in [2.45, 2.75) is 30.2 Å². The molecule has 3 N–H and O–H groups in total. The molecule has 0 spiro atoms. The molecule has 1 heterocycles. The predicted molar refractivity (Wildman–Crippen MR) is 59.4 cm³/mol. The van der Waals surface area contributed by atoms with Crippen LogP contribution in [0.3, 0.4) is 0 Å². The molecule has 1 aliphatic carbocycles. The van der Waals surface area contributed by atoms with Crippen LogP contribution in [0.1, 0.15) is 19.3 Å². The van der Waals surface area contributed by atoms with Crippen molar-refractivity contribution in [1.82, 2.24) is 20.2 Å². The Morgan fingerprint density at radius 1 is 1.44 bits per heavy atom. The second-order valence-corrected chi connectivity index (χ2v) is 5.68. The second kappa shape index (κ2) is 4.94. The average molecular weight is 244 g/mol. The van der Waals surface area contributed by atoms with Crippen LogP contribution in [0.15, 0.2) is 17.3 Å². The Morgan fingerprint density at radius 2 is 2.25 bits per heavy atom. The molecule has 1 fully saturated rings. The molecular weight excluding hydrogens is 228 g/mol. The maximum absolute atomic E-state index is 11.6. The predicted octanol–water partition coefficient (Wildman–Crippen LogP) is -0.170. The lowest BCUT2D eigenvalue weighted by atomic mass is 10.4. The van der Waals surface area contributed by atoms with E-state index in [1.165, 1.54) is 25.2 Å². The van der Waals surface area contributed by atoms with Crippen LogP contribution in [0.2, 0.25) is 0 Å². The van der Waals surface area contributed by atoms with Crippen LogP contribution in [0.25, 0.3) is 0 Å². The summed E-state index contributed by atoms with van der Waals surface area (Å²) in [6, 6.07) is 0.672. The van der Waals surface area contributed by atoms with E-state index in [0.717, 1.165) is 13.0 Å². The van der Waals surface area contributed by atoms with Crippen molar-refractivity contribution in [3.63, 3.8) is 0 Å². The first-order chi connectivity index (χ1) is 7.68. The number of nitrogens with zero attached hydrogens (tertiary/aromatic N) is 1. The number of aromatic amines is 1. The van der Waals surface area contributed by atoms with Gasteiger partial charge in [-0.2, -0.15) is 5.10 Å².